The second-order valence-electron chi connectivity index (χ2n) is 7.56. The van der Waals surface area contributed by atoms with Crippen LogP contribution in [0.3, 0.4) is 0 Å². The van der Waals surface area contributed by atoms with Gasteiger partial charge in [-0.15, -0.1) is 0 Å². The van der Waals surface area contributed by atoms with Crippen molar-refractivity contribution in [3.63, 3.8) is 0 Å². The quantitative estimate of drug-likeness (QED) is 0.682. The van der Waals surface area contributed by atoms with Gasteiger partial charge in [-0.25, -0.2) is 9.97 Å². The van der Waals surface area contributed by atoms with E-state index in [0.717, 1.165) is 0 Å². The Morgan fingerprint density at radius 3 is 2.57 bits per heavy atom. The van der Waals surface area contributed by atoms with Crippen LogP contribution in [0.2, 0.25) is 0 Å². The SMILES string of the molecule is Cc1cc(Nc2cc(N)ncn2)c(=O)n2c1C(=O)NC21CCN(CC(F)(F)F)CC1. The number of carbonyl (C=O) groups is 1. The third-order valence-corrected chi connectivity index (χ3v) is 5.42. The molecule has 1 saturated heterocycles. The second-order valence-corrected chi connectivity index (χ2v) is 7.56. The highest BCUT2D eigenvalue weighted by Gasteiger charge is 2.47. The number of halogens is 3. The van der Waals surface area contributed by atoms with Gasteiger partial charge in [0.1, 0.15) is 35.0 Å². The van der Waals surface area contributed by atoms with Crippen LogP contribution < -0.4 is 21.9 Å². The zero-order valence-electron chi connectivity index (χ0n) is 16.1. The van der Waals surface area contributed by atoms with Crippen LogP contribution in [0.15, 0.2) is 23.3 Å². The van der Waals surface area contributed by atoms with E-state index in [-0.39, 0.29) is 43.1 Å². The van der Waals surface area contributed by atoms with Crippen LogP contribution in [0, 0.1) is 6.92 Å². The van der Waals surface area contributed by atoms with Gasteiger partial charge in [-0.05, 0) is 18.6 Å². The van der Waals surface area contributed by atoms with Gasteiger partial charge in [-0.1, -0.05) is 0 Å². The molecule has 160 valence electrons. The summed E-state index contributed by atoms with van der Waals surface area (Å²) in [6, 6.07) is 3.01. The highest BCUT2D eigenvalue weighted by Crippen LogP contribution is 2.35. The summed E-state index contributed by atoms with van der Waals surface area (Å²) in [7, 11) is 0. The number of fused-ring (bicyclic) bond motifs is 2. The first-order valence-corrected chi connectivity index (χ1v) is 9.31. The highest BCUT2D eigenvalue weighted by atomic mass is 19.4. The standard InChI is InChI=1S/C18H20F3N7O2/c1-10-6-11(25-13-7-12(22)23-9-24-13)16(30)28-14(10)15(29)26-17(28)2-4-27(5-3-17)8-18(19,20)21/h6-7,9H,2-5,8H2,1H3,(H,26,29)(H3,22,23,24,25). The lowest BCUT2D eigenvalue weighted by Crippen LogP contribution is -2.55. The summed E-state index contributed by atoms with van der Waals surface area (Å²) in [4.78, 5) is 35.0. The van der Waals surface area contributed by atoms with E-state index in [4.69, 9.17) is 5.73 Å². The van der Waals surface area contributed by atoms with Crippen molar-refractivity contribution in [2.24, 2.45) is 0 Å². The van der Waals surface area contributed by atoms with E-state index in [9.17, 15) is 22.8 Å². The summed E-state index contributed by atoms with van der Waals surface area (Å²) in [5, 5.41) is 5.74. The van der Waals surface area contributed by atoms with Crippen LogP contribution in [0.5, 0.6) is 0 Å². The van der Waals surface area contributed by atoms with Gasteiger partial charge < -0.3 is 16.4 Å². The average Bonchev–Trinajstić information content (AvgIpc) is 2.93. The minimum absolute atomic E-state index is 0.102. The van der Waals surface area contributed by atoms with E-state index >= 15 is 0 Å². The number of alkyl halides is 3. The number of aryl methyl sites for hydroxylation is 1. The molecule has 0 aromatic carbocycles. The Labute approximate surface area is 169 Å². The summed E-state index contributed by atoms with van der Waals surface area (Å²) >= 11 is 0. The number of anilines is 3. The lowest BCUT2D eigenvalue weighted by Gasteiger charge is -2.40. The maximum absolute atomic E-state index is 13.3. The van der Waals surface area contributed by atoms with Crippen molar-refractivity contribution in [2.45, 2.75) is 31.6 Å². The fourth-order valence-electron chi connectivity index (χ4n) is 4.11. The van der Waals surface area contributed by atoms with Crippen molar-refractivity contribution in [1.82, 2.24) is 24.8 Å². The molecule has 0 unspecified atom stereocenters. The van der Waals surface area contributed by atoms with Gasteiger partial charge in [-0.3, -0.25) is 19.1 Å². The lowest BCUT2D eigenvalue weighted by atomic mass is 9.96. The van der Waals surface area contributed by atoms with Crippen LogP contribution in [0.1, 0.15) is 28.9 Å². The molecule has 1 fully saturated rings. The Balaban J connectivity index is 1.69. The summed E-state index contributed by atoms with van der Waals surface area (Å²) in [6.07, 6.45) is -2.68. The third kappa shape index (κ3) is 3.58. The van der Waals surface area contributed by atoms with Gasteiger partial charge in [0.15, 0.2) is 0 Å². The molecule has 12 heteroatoms. The molecule has 1 spiro atoms. The monoisotopic (exact) mass is 423 g/mol. The molecule has 2 aliphatic heterocycles. The molecule has 0 bridgehead atoms. The molecule has 9 nitrogen and oxygen atoms in total. The number of nitrogens with zero attached hydrogens (tertiary/aromatic N) is 4. The molecule has 0 aliphatic carbocycles. The normalized spacial score (nSPS) is 18.3. The van der Waals surface area contributed by atoms with Crippen LogP contribution in [0.25, 0.3) is 0 Å². The van der Waals surface area contributed by atoms with E-state index in [0.29, 0.717) is 11.4 Å². The molecular weight excluding hydrogens is 403 g/mol. The highest BCUT2D eigenvalue weighted by molar-refractivity contribution is 5.97. The van der Waals surface area contributed by atoms with Crippen molar-refractivity contribution >= 4 is 23.2 Å². The molecule has 30 heavy (non-hydrogen) atoms. The van der Waals surface area contributed by atoms with Gasteiger partial charge in [-0.2, -0.15) is 13.2 Å². The van der Waals surface area contributed by atoms with Crippen LogP contribution >= 0.6 is 0 Å². The maximum atomic E-state index is 13.3. The molecule has 4 N–H and O–H groups in total. The van der Waals surface area contributed by atoms with Crippen molar-refractivity contribution in [3.05, 3.63) is 40.1 Å². The molecule has 1 amide bonds. The number of carbonyl (C=O) groups excluding carboxylic acids is 1. The van der Waals surface area contributed by atoms with E-state index in [1.807, 2.05) is 0 Å². The van der Waals surface area contributed by atoms with Gasteiger partial charge in [0.25, 0.3) is 11.5 Å². The van der Waals surface area contributed by atoms with Crippen LogP contribution in [0.4, 0.5) is 30.5 Å². The van der Waals surface area contributed by atoms with Crippen molar-refractivity contribution in [3.8, 4) is 0 Å². The first-order valence-electron chi connectivity index (χ1n) is 9.31. The molecule has 2 aromatic heterocycles. The van der Waals surface area contributed by atoms with E-state index < -0.39 is 29.9 Å². The van der Waals surface area contributed by atoms with Crippen LogP contribution in [-0.4, -0.2) is 51.2 Å². The first-order chi connectivity index (χ1) is 14.1. The Kier molecular flexibility index (Phi) is 4.68. The molecule has 4 heterocycles. The summed E-state index contributed by atoms with van der Waals surface area (Å²) < 4.78 is 39.5. The van der Waals surface area contributed by atoms with Crippen molar-refractivity contribution in [1.29, 1.82) is 0 Å². The smallest absolute Gasteiger partial charge is 0.384 e. The number of amides is 1. The number of hydrogen-bond acceptors (Lipinski definition) is 7. The van der Waals surface area contributed by atoms with Gasteiger partial charge >= 0.3 is 6.18 Å². The van der Waals surface area contributed by atoms with E-state index in [2.05, 4.69) is 20.6 Å². The first kappa shape index (κ1) is 20.1. The zero-order chi connectivity index (χ0) is 21.7. The van der Waals surface area contributed by atoms with Crippen molar-refractivity contribution in [2.75, 3.05) is 30.7 Å². The van der Waals surface area contributed by atoms with Gasteiger partial charge in [0.05, 0.1) is 6.54 Å². The summed E-state index contributed by atoms with van der Waals surface area (Å²) in [5.74, 6) is 0.119. The summed E-state index contributed by atoms with van der Waals surface area (Å²) in [6.45, 7) is 0.881. The fraction of sp³-hybridized carbons (Fsp3) is 0.444. The second kappa shape index (κ2) is 6.97. The molecule has 0 atom stereocenters. The molecule has 2 aliphatic rings. The largest absolute Gasteiger partial charge is 0.401 e. The zero-order valence-corrected chi connectivity index (χ0v) is 16.1. The Morgan fingerprint density at radius 1 is 1.23 bits per heavy atom. The Hall–Kier alpha value is -3.15. The minimum atomic E-state index is -4.30. The third-order valence-electron chi connectivity index (χ3n) is 5.42. The Morgan fingerprint density at radius 2 is 1.93 bits per heavy atom. The van der Waals surface area contributed by atoms with Gasteiger partial charge in [0.2, 0.25) is 0 Å². The number of nitrogens with two attached hydrogens (primary N) is 1. The minimum Gasteiger partial charge on any atom is -0.384 e. The number of rotatable bonds is 3. The number of nitrogens with one attached hydrogen (secondary N) is 2. The molecule has 0 radical (unpaired) electrons. The number of aromatic nitrogens is 3. The molecule has 4 rings (SSSR count). The summed E-state index contributed by atoms with van der Waals surface area (Å²) in [5.41, 5.74) is 5.09. The Bertz CT molecular complexity index is 1060. The van der Waals surface area contributed by atoms with Crippen LogP contribution in [-0.2, 0) is 5.66 Å². The lowest BCUT2D eigenvalue weighted by molar-refractivity contribution is -0.150. The number of hydrogen-bond donors (Lipinski definition) is 3. The number of piperidine rings is 1. The number of nitrogen functional groups attached to an aromatic ring is 1. The van der Waals surface area contributed by atoms with E-state index in [1.54, 1.807) is 13.0 Å². The average molecular weight is 423 g/mol. The molecule has 2 aromatic rings. The fourth-order valence-corrected chi connectivity index (χ4v) is 4.11. The topological polar surface area (TPSA) is 118 Å². The predicted octanol–water partition coefficient (Wildman–Crippen LogP) is 1.33. The molecule has 0 saturated carbocycles. The number of pyridine rings is 1. The predicted molar refractivity (Wildman–Crippen MR) is 102 cm³/mol. The van der Waals surface area contributed by atoms with Crippen molar-refractivity contribution < 1.29 is 18.0 Å². The number of likely N-dealkylation sites (tertiary alicyclic amines) is 1. The van der Waals surface area contributed by atoms with E-state index in [1.165, 1.54) is 21.9 Å². The maximum Gasteiger partial charge on any atom is 0.401 e. The van der Waals surface area contributed by atoms with Gasteiger partial charge in [0, 0.05) is 32.0 Å². The molecular formula is C18H20F3N7O2.